The Kier molecular flexibility index (Phi) is 8.46. The van der Waals surface area contributed by atoms with Gasteiger partial charge in [-0.2, -0.15) is 5.10 Å². The maximum Gasteiger partial charge on any atom is 0.329 e. The van der Waals surface area contributed by atoms with Crippen LogP contribution in [0.4, 0.5) is 5.69 Å². The van der Waals surface area contributed by atoms with Gasteiger partial charge in [-0.1, -0.05) is 41.9 Å². The Balaban J connectivity index is 1.63. The number of carbonyl (C=O) groups is 2. The Morgan fingerprint density at radius 3 is 2.61 bits per heavy atom. The van der Waals surface area contributed by atoms with Crippen LogP contribution in [0.1, 0.15) is 16.7 Å². The van der Waals surface area contributed by atoms with Gasteiger partial charge in [-0.3, -0.25) is 9.59 Å². The lowest BCUT2D eigenvalue weighted by atomic mass is 10.1. The predicted octanol–water partition coefficient (Wildman–Crippen LogP) is 5.09. The van der Waals surface area contributed by atoms with Crippen LogP contribution < -0.4 is 20.2 Å². The molecule has 2 amide bonds. The van der Waals surface area contributed by atoms with E-state index < -0.39 is 11.8 Å². The fraction of sp³-hybridized carbons (Fsp3) is 0.125. The minimum Gasteiger partial charge on any atom is -0.493 e. The zero-order valence-electron chi connectivity index (χ0n) is 17.9. The first-order chi connectivity index (χ1) is 15.9. The summed E-state index contributed by atoms with van der Waals surface area (Å²) < 4.78 is 12.1. The predicted molar refractivity (Wildman–Crippen MR) is 132 cm³/mol. The van der Waals surface area contributed by atoms with Gasteiger partial charge in [0.2, 0.25) is 0 Å². The number of carbonyl (C=O) groups excluding carboxylic acids is 2. The van der Waals surface area contributed by atoms with Crippen LogP contribution in [0.15, 0.2) is 70.2 Å². The van der Waals surface area contributed by atoms with Crippen LogP contribution >= 0.6 is 27.5 Å². The minimum absolute atomic E-state index is 0.382. The Hall–Kier alpha value is -3.36. The molecular formula is C24H21BrClN3O4. The number of anilines is 1. The lowest BCUT2D eigenvalue weighted by Gasteiger charge is -2.14. The van der Waals surface area contributed by atoms with E-state index in [0.29, 0.717) is 38.9 Å². The van der Waals surface area contributed by atoms with Crippen molar-refractivity contribution in [1.82, 2.24) is 5.43 Å². The number of methoxy groups -OCH3 is 1. The second-order valence-corrected chi connectivity index (χ2v) is 8.20. The highest BCUT2D eigenvalue weighted by Crippen LogP contribution is 2.37. The zero-order chi connectivity index (χ0) is 23.8. The lowest BCUT2D eigenvalue weighted by molar-refractivity contribution is -0.136. The number of halogens is 2. The molecule has 0 unspecified atom stereocenters. The van der Waals surface area contributed by atoms with E-state index in [-0.39, 0.29) is 0 Å². The van der Waals surface area contributed by atoms with E-state index in [9.17, 15) is 9.59 Å². The highest BCUT2D eigenvalue weighted by atomic mass is 79.9. The number of nitrogens with one attached hydrogen (secondary N) is 2. The molecule has 0 bridgehead atoms. The summed E-state index contributed by atoms with van der Waals surface area (Å²) in [6.07, 6.45) is 1.39. The van der Waals surface area contributed by atoms with Crippen LogP contribution in [0.5, 0.6) is 11.5 Å². The summed E-state index contributed by atoms with van der Waals surface area (Å²) in [5.41, 5.74) is 5.41. The first kappa shape index (κ1) is 24.3. The smallest absolute Gasteiger partial charge is 0.329 e. The minimum atomic E-state index is -0.921. The summed E-state index contributed by atoms with van der Waals surface area (Å²) in [6.45, 7) is 2.40. The van der Waals surface area contributed by atoms with Gasteiger partial charge in [0.25, 0.3) is 0 Å². The molecule has 170 valence electrons. The third-order valence-electron chi connectivity index (χ3n) is 4.55. The molecule has 7 nitrogen and oxygen atoms in total. The first-order valence-corrected chi connectivity index (χ1v) is 11.0. The van der Waals surface area contributed by atoms with Gasteiger partial charge in [-0.25, -0.2) is 5.43 Å². The molecule has 0 radical (unpaired) electrons. The molecule has 3 aromatic rings. The van der Waals surface area contributed by atoms with Crippen LogP contribution in [0.2, 0.25) is 5.02 Å². The summed E-state index contributed by atoms with van der Waals surface area (Å²) in [5.74, 6) is -0.754. The van der Waals surface area contributed by atoms with E-state index >= 15 is 0 Å². The monoisotopic (exact) mass is 529 g/mol. The Bertz CT molecular complexity index is 1200. The fourth-order valence-corrected chi connectivity index (χ4v) is 3.61. The Morgan fingerprint density at radius 2 is 1.88 bits per heavy atom. The molecule has 2 N–H and O–H groups in total. The Morgan fingerprint density at radius 1 is 1.09 bits per heavy atom. The second kappa shape index (κ2) is 11.5. The number of nitrogens with zero attached hydrogens (tertiary/aromatic N) is 1. The molecule has 33 heavy (non-hydrogen) atoms. The van der Waals surface area contributed by atoms with Gasteiger partial charge in [0.15, 0.2) is 11.5 Å². The SMILES string of the molecule is COc1cc(C=NNC(=O)C(=O)Nc2cccc(Cl)c2)cc(Br)c1OCc1ccccc1C. The molecule has 0 aliphatic rings. The molecule has 0 aliphatic heterocycles. The van der Waals surface area contributed by atoms with Crippen molar-refractivity contribution in [3.05, 3.63) is 86.8 Å². The molecule has 0 heterocycles. The molecule has 9 heteroatoms. The number of aryl methyl sites for hydroxylation is 1. The van der Waals surface area contributed by atoms with Gasteiger partial charge in [-0.05, 0) is 69.9 Å². The van der Waals surface area contributed by atoms with Gasteiger partial charge < -0.3 is 14.8 Å². The van der Waals surface area contributed by atoms with Crippen LogP contribution in [0, 0.1) is 6.92 Å². The fourth-order valence-electron chi connectivity index (χ4n) is 2.85. The van der Waals surface area contributed by atoms with Crippen LogP contribution in [0.25, 0.3) is 0 Å². The van der Waals surface area contributed by atoms with Crippen LogP contribution in [0.3, 0.4) is 0 Å². The van der Waals surface area contributed by atoms with Crippen molar-refractivity contribution in [3.8, 4) is 11.5 Å². The normalized spacial score (nSPS) is 10.7. The van der Waals surface area contributed by atoms with Crippen molar-refractivity contribution in [1.29, 1.82) is 0 Å². The topological polar surface area (TPSA) is 89.0 Å². The molecule has 0 saturated carbocycles. The summed E-state index contributed by atoms with van der Waals surface area (Å²) in [6, 6.07) is 17.9. The van der Waals surface area contributed by atoms with Gasteiger partial charge in [0.05, 0.1) is 17.8 Å². The maximum atomic E-state index is 12.0. The molecule has 0 spiro atoms. The van der Waals surface area contributed by atoms with Crippen molar-refractivity contribution in [2.45, 2.75) is 13.5 Å². The largest absolute Gasteiger partial charge is 0.493 e. The molecular weight excluding hydrogens is 510 g/mol. The number of amides is 2. The summed E-state index contributed by atoms with van der Waals surface area (Å²) >= 11 is 9.36. The average Bonchev–Trinajstić information content (AvgIpc) is 2.79. The number of ether oxygens (including phenoxy) is 2. The van der Waals surface area contributed by atoms with Crippen molar-refractivity contribution < 1.29 is 19.1 Å². The second-order valence-electron chi connectivity index (χ2n) is 6.91. The third kappa shape index (κ3) is 6.81. The molecule has 0 saturated heterocycles. The van der Waals surface area contributed by atoms with Crippen molar-refractivity contribution in [2.75, 3.05) is 12.4 Å². The van der Waals surface area contributed by atoms with Crippen molar-refractivity contribution in [2.24, 2.45) is 5.10 Å². The third-order valence-corrected chi connectivity index (χ3v) is 5.38. The van der Waals surface area contributed by atoms with E-state index in [4.69, 9.17) is 21.1 Å². The molecule has 3 rings (SSSR count). The summed E-state index contributed by atoms with van der Waals surface area (Å²) in [5, 5.41) is 6.73. The van der Waals surface area contributed by atoms with Crippen molar-refractivity contribution >= 4 is 51.2 Å². The molecule has 0 atom stereocenters. The summed E-state index contributed by atoms with van der Waals surface area (Å²) in [7, 11) is 1.53. The van der Waals surface area contributed by atoms with Crippen molar-refractivity contribution in [3.63, 3.8) is 0 Å². The molecule has 0 aromatic heterocycles. The number of benzene rings is 3. The van der Waals surface area contributed by atoms with E-state index in [1.165, 1.54) is 19.4 Å². The first-order valence-electron chi connectivity index (χ1n) is 9.82. The maximum absolute atomic E-state index is 12.0. The highest BCUT2D eigenvalue weighted by Gasteiger charge is 2.14. The average molecular weight is 531 g/mol. The van der Waals surface area contributed by atoms with E-state index in [1.807, 2.05) is 31.2 Å². The number of hydrazone groups is 1. The van der Waals surface area contributed by atoms with Crippen LogP contribution in [-0.2, 0) is 16.2 Å². The van der Waals surface area contributed by atoms with Gasteiger partial charge >= 0.3 is 11.8 Å². The van der Waals surface area contributed by atoms with E-state index in [1.54, 1.807) is 30.3 Å². The number of rotatable bonds is 7. The summed E-state index contributed by atoms with van der Waals surface area (Å²) in [4.78, 5) is 24.0. The van der Waals surface area contributed by atoms with Gasteiger partial charge in [-0.15, -0.1) is 0 Å². The highest BCUT2D eigenvalue weighted by molar-refractivity contribution is 9.10. The van der Waals surface area contributed by atoms with Gasteiger partial charge in [0.1, 0.15) is 6.61 Å². The zero-order valence-corrected chi connectivity index (χ0v) is 20.2. The van der Waals surface area contributed by atoms with E-state index in [0.717, 1.165) is 11.1 Å². The van der Waals surface area contributed by atoms with Crippen LogP contribution in [-0.4, -0.2) is 25.1 Å². The standard InChI is InChI=1S/C24H21BrClN3O4/c1-15-6-3-4-7-17(15)14-33-22-20(25)10-16(11-21(22)32-2)13-27-29-24(31)23(30)28-19-9-5-8-18(26)12-19/h3-13H,14H2,1-2H3,(H,28,30)(H,29,31). The quantitative estimate of drug-likeness (QED) is 0.253. The van der Waals surface area contributed by atoms with E-state index in [2.05, 4.69) is 31.8 Å². The molecule has 3 aromatic carbocycles. The Labute approximate surface area is 204 Å². The lowest BCUT2D eigenvalue weighted by Crippen LogP contribution is -2.32. The number of hydrogen-bond acceptors (Lipinski definition) is 5. The van der Waals surface area contributed by atoms with Gasteiger partial charge in [0, 0.05) is 10.7 Å². The molecule has 0 aliphatic carbocycles. The number of hydrogen-bond donors (Lipinski definition) is 2. The molecule has 0 fully saturated rings.